The fourth-order valence-electron chi connectivity index (χ4n) is 3.07. The van der Waals surface area contributed by atoms with Gasteiger partial charge in [0.25, 0.3) is 0 Å². The molecule has 0 aliphatic rings. The third-order valence-electron chi connectivity index (χ3n) is 4.04. The van der Waals surface area contributed by atoms with Gasteiger partial charge in [-0.25, -0.2) is 4.79 Å². The van der Waals surface area contributed by atoms with Crippen LogP contribution in [0.2, 0.25) is 0 Å². The lowest BCUT2D eigenvalue weighted by Crippen LogP contribution is -2.17. The van der Waals surface area contributed by atoms with E-state index in [2.05, 4.69) is 5.32 Å². The van der Waals surface area contributed by atoms with Crippen LogP contribution in [-0.4, -0.2) is 48.1 Å². The third-order valence-corrected chi connectivity index (χ3v) is 4.04. The topological polar surface area (TPSA) is 72.8 Å². The van der Waals surface area contributed by atoms with Gasteiger partial charge in [0.1, 0.15) is 5.75 Å². The highest BCUT2D eigenvalue weighted by molar-refractivity contribution is 6.08. The first-order chi connectivity index (χ1) is 12.6. The molecule has 0 radical (unpaired) electrons. The molecule has 0 unspecified atom stereocenters. The molecule has 2 rings (SSSR count). The van der Waals surface area contributed by atoms with Gasteiger partial charge in [-0.15, -0.1) is 0 Å². The number of hydrogen-bond donors (Lipinski definition) is 1. The normalized spacial score (nSPS) is 11.3. The number of hydrogen-bond acceptors (Lipinski definition) is 5. The smallest absolute Gasteiger partial charge is 0.340 e. The van der Waals surface area contributed by atoms with Crippen molar-refractivity contribution in [3.05, 3.63) is 23.4 Å². The summed E-state index contributed by atoms with van der Waals surface area (Å²) < 4.78 is 13.2. The molecule has 0 fully saturated rings. The van der Waals surface area contributed by atoms with Gasteiger partial charge in [-0.3, -0.25) is 4.79 Å². The molecular formula is C20H29N3O4. The van der Waals surface area contributed by atoms with Gasteiger partial charge in [0, 0.05) is 31.6 Å². The van der Waals surface area contributed by atoms with Gasteiger partial charge in [-0.1, -0.05) is 0 Å². The predicted molar refractivity (Wildman–Crippen MR) is 106 cm³/mol. The molecule has 1 aromatic heterocycles. The Morgan fingerprint density at radius 3 is 2.44 bits per heavy atom. The van der Waals surface area contributed by atoms with Crippen LogP contribution in [0.4, 0.5) is 5.69 Å². The standard InChI is InChI=1S/C20H29N3O4/c1-8-26-20(25)19-14-9-18(27-12(2)3)15(21-13(4)24)10-16(14)23(7)17(19)11-22(5)6/h9-10,12H,8,11H2,1-7H3,(H,21,24). The summed E-state index contributed by atoms with van der Waals surface area (Å²) in [6.07, 6.45) is -0.0778. The molecule has 1 heterocycles. The van der Waals surface area contributed by atoms with E-state index >= 15 is 0 Å². The highest BCUT2D eigenvalue weighted by Crippen LogP contribution is 2.36. The van der Waals surface area contributed by atoms with Crippen LogP contribution < -0.4 is 10.1 Å². The quantitative estimate of drug-likeness (QED) is 0.753. The molecule has 0 atom stereocenters. The Morgan fingerprint density at radius 1 is 1.26 bits per heavy atom. The number of aryl methyl sites for hydroxylation is 1. The van der Waals surface area contributed by atoms with E-state index < -0.39 is 0 Å². The van der Waals surface area contributed by atoms with Crippen molar-refractivity contribution < 1.29 is 19.1 Å². The fraction of sp³-hybridized carbons (Fsp3) is 0.500. The summed E-state index contributed by atoms with van der Waals surface area (Å²) >= 11 is 0. The zero-order chi connectivity index (χ0) is 20.3. The van der Waals surface area contributed by atoms with E-state index in [4.69, 9.17) is 9.47 Å². The maximum absolute atomic E-state index is 12.7. The number of carbonyl (C=O) groups is 2. The lowest BCUT2D eigenvalue weighted by atomic mass is 10.1. The van der Waals surface area contributed by atoms with E-state index in [1.54, 1.807) is 6.92 Å². The molecule has 1 amide bonds. The average molecular weight is 375 g/mol. The second kappa shape index (κ2) is 8.43. The Morgan fingerprint density at radius 2 is 1.93 bits per heavy atom. The van der Waals surface area contributed by atoms with Crippen LogP contribution in [0.25, 0.3) is 10.9 Å². The van der Waals surface area contributed by atoms with Gasteiger partial charge in [0.05, 0.1) is 29.5 Å². The summed E-state index contributed by atoms with van der Waals surface area (Å²) in [5, 5.41) is 3.57. The monoisotopic (exact) mass is 375 g/mol. The number of nitrogens with one attached hydrogen (secondary N) is 1. The van der Waals surface area contributed by atoms with E-state index in [1.807, 2.05) is 56.6 Å². The van der Waals surface area contributed by atoms with Crippen LogP contribution in [0.3, 0.4) is 0 Å². The predicted octanol–water partition coefficient (Wildman–Crippen LogP) is 3.16. The molecule has 148 valence electrons. The van der Waals surface area contributed by atoms with Crippen molar-refractivity contribution in [3.63, 3.8) is 0 Å². The van der Waals surface area contributed by atoms with Crippen molar-refractivity contribution in [2.24, 2.45) is 7.05 Å². The zero-order valence-electron chi connectivity index (χ0n) is 17.2. The van der Waals surface area contributed by atoms with Crippen LogP contribution in [0.1, 0.15) is 43.7 Å². The fourth-order valence-corrected chi connectivity index (χ4v) is 3.07. The van der Waals surface area contributed by atoms with E-state index in [-0.39, 0.29) is 18.0 Å². The molecule has 0 saturated carbocycles. The molecule has 0 aliphatic carbocycles. The molecule has 0 saturated heterocycles. The van der Waals surface area contributed by atoms with Crippen molar-refractivity contribution in [1.82, 2.24) is 9.47 Å². The minimum absolute atomic E-state index is 0.0778. The molecule has 7 heteroatoms. The van der Waals surface area contributed by atoms with Crippen LogP contribution in [0.15, 0.2) is 12.1 Å². The number of carbonyl (C=O) groups excluding carboxylic acids is 2. The molecule has 27 heavy (non-hydrogen) atoms. The maximum Gasteiger partial charge on any atom is 0.340 e. The summed E-state index contributed by atoms with van der Waals surface area (Å²) in [5.41, 5.74) is 2.79. The number of esters is 1. The van der Waals surface area contributed by atoms with Gasteiger partial charge < -0.3 is 24.3 Å². The molecule has 0 spiro atoms. The summed E-state index contributed by atoms with van der Waals surface area (Å²) in [4.78, 5) is 26.3. The largest absolute Gasteiger partial charge is 0.489 e. The highest BCUT2D eigenvalue weighted by atomic mass is 16.5. The third kappa shape index (κ3) is 4.60. The van der Waals surface area contributed by atoms with E-state index in [1.165, 1.54) is 6.92 Å². The molecule has 0 aliphatic heterocycles. The number of aromatic nitrogens is 1. The maximum atomic E-state index is 12.7. The first-order valence-electron chi connectivity index (χ1n) is 9.07. The number of benzene rings is 1. The van der Waals surface area contributed by atoms with Crippen molar-refractivity contribution in [2.45, 2.75) is 40.3 Å². The highest BCUT2D eigenvalue weighted by Gasteiger charge is 2.24. The number of anilines is 1. The summed E-state index contributed by atoms with van der Waals surface area (Å²) in [7, 11) is 5.80. The number of amides is 1. The van der Waals surface area contributed by atoms with E-state index in [0.717, 1.165) is 16.6 Å². The average Bonchev–Trinajstić information content (AvgIpc) is 2.78. The Hall–Kier alpha value is -2.54. The van der Waals surface area contributed by atoms with Gasteiger partial charge in [-0.05, 0) is 47.0 Å². The van der Waals surface area contributed by atoms with Crippen LogP contribution >= 0.6 is 0 Å². The number of ether oxygens (including phenoxy) is 2. The Bertz CT molecular complexity index is 853. The van der Waals surface area contributed by atoms with E-state index in [9.17, 15) is 9.59 Å². The minimum Gasteiger partial charge on any atom is -0.489 e. The molecule has 1 aromatic carbocycles. The van der Waals surface area contributed by atoms with Gasteiger partial charge in [0.2, 0.25) is 5.91 Å². The van der Waals surface area contributed by atoms with Gasteiger partial charge in [0.15, 0.2) is 0 Å². The van der Waals surface area contributed by atoms with Crippen LogP contribution in [0.5, 0.6) is 5.75 Å². The summed E-state index contributed by atoms with van der Waals surface area (Å²) in [6.45, 7) is 7.95. The van der Waals surface area contributed by atoms with Crippen molar-refractivity contribution >= 4 is 28.5 Å². The minimum atomic E-state index is -0.359. The second-order valence-corrected chi connectivity index (χ2v) is 7.05. The number of nitrogens with zero attached hydrogens (tertiary/aromatic N) is 2. The summed E-state index contributed by atoms with van der Waals surface area (Å²) in [5.74, 6) is -0.0146. The van der Waals surface area contributed by atoms with Crippen LogP contribution in [0, 0.1) is 0 Å². The molecule has 2 aromatic rings. The number of fused-ring (bicyclic) bond motifs is 1. The summed E-state index contributed by atoms with van der Waals surface area (Å²) in [6, 6.07) is 3.66. The lowest BCUT2D eigenvalue weighted by Gasteiger charge is -2.15. The Labute approximate surface area is 160 Å². The lowest BCUT2D eigenvalue weighted by molar-refractivity contribution is -0.114. The zero-order valence-corrected chi connectivity index (χ0v) is 17.2. The first kappa shape index (κ1) is 20.8. The molecular weight excluding hydrogens is 346 g/mol. The molecule has 1 N–H and O–H groups in total. The Kier molecular flexibility index (Phi) is 6.49. The van der Waals surface area contributed by atoms with Crippen molar-refractivity contribution in [2.75, 3.05) is 26.0 Å². The second-order valence-electron chi connectivity index (χ2n) is 7.05. The SMILES string of the molecule is CCOC(=O)c1c(CN(C)C)n(C)c2cc(NC(C)=O)c(OC(C)C)cc12. The van der Waals surface area contributed by atoms with Gasteiger partial charge >= 0.3 is 5.97 Å². The van der Waals surface area contributed by atoms with Gasteiger partial charge in [-0.2, -0.15) is 0 Å². The number of rotatable bonds is 7. The molecule has 0 bridgehead atoms. The van der Waals surface area contributed by atoms with E-state index in [0.29, 0.717) is 30.2 Å². The van der Waals surface area contributed by atoms with Crippen molar-refractivity contribution in [3.8, 4) is 5.75 Å². The first-order valence-corrected chi connectivity index (χ1v) is 9.07. The van der Waals surface area contributed by atoms with Crippen molar-refractivity contribution in [1.29, 1.82) is 0 Å². The Balaban J connectivity index is 2.78. The van der Waals surface area contributed by atoms with Crippen LogP contribution in [-0.2, 0) is 23.1 Å². The molecule has 7 nitrogen and oxygen atoms in total.